The van der Waals surface area contributed by atoms with Crippen LogP contribution in [0, 0.1) is 3.57 Å². The summed E-state index contributed by atoms with van der Waals surface area (Å²) in [6, 6.07) is 34.6. The van der Waals surface area contributed by atoms with Crippen LogP contribution in [0.15, 0.2) is 122 Å². The van der Waals surface area contributed by atoms with Gasteiger partial charge in [-0.15, -0.1) is 0 Å². The molecule has 1 saturated heterocycles. The van der Waals surface area contributed by atoms with E-state index >= 15 is 0 Å². The number of methoxy groups -OCH3 is 2. The molecular weight excluding hydrogens is 747 g/mol. The van der Waals surface area contributed by atoms with Gasteiger partial charge in [-0.3, -0.25) is 4.79 Å². The number of ether oxygens (including phenoxy) is 4. The molecule has 3 heterocycles. The predicted octanol–water partition coefficient (Wildman–Crippen LogP) is 6.96. The molecule has 1 fully saturated rings. The standard InChI is InChI=1S/C39H35IN4O6/c1-47-29-17-13-27(14-18-29)39(26-11-7-4-8-12-26,28-15-19-30(48-2)20-16-28)49-23-33-32(45)21-34(50-33)44-22-31(40)35-36(41-24-42-37(35)44)43-38(46)25-9-5-3-6-10-25/h3-20,22,24,32-34,45H,21,23H2,1-2H3,(H,41,42,43,46)/t32-,33+,34+/m0/s1. The highest BCUT2D eigenvalue weighted by atomic mass is 127. The topological polar surface area (TPSA) is 117 Å². The lowest BCUT2D eigenvalue weighted by atomic mass is 9.80. The third kappa shape index (κ3) is 6.44. The van der Waals surface area contributed by atoms with Crippen molar-refractivity contribution in [3.63, 3.8) is 0 Å². The van der Waals surface area contributed by atoms with Gasteiger partial charge >= 0.3 is 0 Å². The van der Waals surface area contributed by atoms with E-state index in [9.17, 15) is 9.90 Å². The summed E-state index contributed by atoms with van der Waals surface area (Å²) in [7, 11) is 3.27. The Morgan fingerprint density at radius 3 is 2.06 bits per heavy atom. The SMILES string of the molecule is COc1ccc(C(OC[C@H]2O[C@@H](n3cc(I)c4c(NC(=O)c5ccccc5)ncnc43)C[C@@H]2O)(c2ccccc2)c2ccc(OC)cc2)cc1. The number of rotatable bonds is 11. The molecule has 3 atom stereocenters. The van der Waals surface area contributed by atoms with Crippen LogP contribution in [0.5, 0.6) is 11.5 Å². The number of aromatic nitrogens is 3. The van der Waals surface area contributed by atoms with E-state index in [4.69, 9.17) is 18.9 Å². The minimum absolute atomic E-state index is 0.0777. The van der Waals surface area contributed by atoms with Gasteiger partial charge < -0.3 is 33.9 Å². The van der Waals surface area contributed by atoms with Gasteiger partial charge in [-0.25, -0.2) is 9.97 Å². The smallest absolute Gasteiger partial charge is 0.256 e. The second kappa shape index (κ2) is 14.6. The number of anilines is 1. The fraction of sp³-hybridized carbons (Fsp3) is 0.205. The summed E-state index contributed by atoms with van der Waals surface area (Å²) in [5, 5.41) is 15.0. The van der Waals surface area contributed by atoms with Crippen LogP contribution in [0.25, 0.3) is 11.0 Å². The maximum atomic E-state index is 13.0. The van der Waals surface area contributed by atoms with E-state index in [-0.39, 0.29) is 12.5 Å². The first-order valence-electron chi connectivity index (χ1n) is 16.1. The number of aliphatic hydroxyl groups excluding tert-OH is 1. The number of fused-ring (bicyclic) bond motifs is 1. The van der Waals surface area contributed by atoms with Crippen molar-refractivity contribution in [2.45, 2.75) is 30.5 Å². The summed E-state index contributed by atoms with van der Waals surface area (Å²) in [5.41, 5.74) is 2.72. The number of nitrogens with one attached hydrogen (secondary N) is 1. The Hall–Kier alpha value is -4.82. The van der Waals surface area contributed by atoms with Gasteiger partial charge in [0.15, 0.2) is 0 Å². The zero-order valence-electron chi connectivity index (χ0n) is 27.4. The van der Waals surface area contributed by atoms with Gasteiger partial charge in [0.1, 0.15) is 47.2 Å². The highest BCUT2D eigenvalue weighted by Crippen LogP contribution is 2.43. The first-order valence-corrected chi connectivity index (χ1v) is 17.2. The number of benzene rings is 4. The Morgan fingerprint density at radius 2 is 1.46 bits per heavy atom. The van der Waals surface area contributed by atoms with Gasteiger partial charge in [-0.1, -0.05) is 72.8 Å². The molecule has 4 aromatic carbocycles. The Labute approximate surface area is 303 Å². The lowest BCUT2D eigenvalue weighted by Crippen LogP contribution is -2.38. The highest BCUT2D eigenvalue weighted by molar-refractivity contribution is 14.1. The molecule has 10 nitrogen and oxygen atoms in total. The van der Waals surface area contributed by atoms with Gasteiger partial charge in [0, 0.05) is 21.8 Å². The first kappa shape index (κ1) is 33.7. The Morgan fingerprint density at radius 1 is 0.880 bits per heavy atom. The summed E-state index contributed by atoms with van der Waals surface area (Å²) in [5.74, 6) is 1.58. The molecule has 0 bridgehead atoms. The molecule has 1 aliphatic rings. The average Bonchev–Trinajstić information content (AvgIpc) is 3.72. The first-order chi connectivity index (χ1) is 24.4. The predicted molar refractivity (Wildman–Crippen MR) is 197 cm³/mol. The summed E-state index contributed by atoms with van der Waals surface area (Å²) >= 11 is 2.21. The summed E-state index contributed by atoms with van der Waals surface area (Å²) in [4.78, 5) is 21.9. The number of carbonyl (C=O) groups is 1. The van der Waals surface area contributed by atoms with Crippen LogP contribution in [0.2, 0.25) is 0 Å². The summed E-state index contributed by atoms with van der Waals surface area (Å²) < 4.78 is 27.2. The average molecular weight is 783 g/mol. The van der Waals surface area contributed by atoms with E-state index in [0.717, 1.165) is 31.8 Å². The molecule has 6 aromatic rings. The van der Waals surface area contributed by atoms with Crippen molar-refractivity contribution in [2.24, 2.45) is 0 Å². The molecule has 2 N–H and O–H groups in total. The largest absolute Gasteiger partial charge is 0.497 e. The van der Waals surface area contributed by atoms with E-state index in [1.807, 2.05) is 108 Å². The number of nitrogens with zero attached hydrogens (tertiary/aromatic N) is 3. The van der Waals surface area contributed by atoms with Crippen LogP contribution in [-0.4, -0.2) is 58.6 Å². The van der Waals surface area contributed by atoms with Crippen LogP contribution >= 0.6 is 22.6 Å². The Balaban J connectivity index is 1.19. The molecule has 0 radical (unpaired) electrons. The molecule has 50 heavy (non-hydrogen) atoms. The molecule has 0 spiro atoms. The number of hydrogen-bond acceptors (Lipinski definition) is 8. The number of amides is 1. The van der Waals surface area contributed by atoms with Crippen LogP contribution in [0.4, 0.5) is 5.82 Å². The van der Waals surface area contributed by atoms with Crippen LogP contribution in [0.1, 0.15) is 39.7 Å². The molecule has 7 rings (SSSR count). The minimum Gasteiger partial charge on any atom is -0.497 e. The third-order valence-corrected chi connectivity index (χ3v) is 9.80. The van der Waals surface area contributed by atoms with Gasteiger partial charge in [-0.05, 0) is 75.7 Å². The molecular formula is C39H35IN4O6. The molecule has 1 amide bonds. The zero-order chi connectivity index (χ0) is 34.7. The van der Waals surface area contributed by atoms with Gasteiger partial charge in [0.25, 0.3) is 5.91 Å². The van der Waals surface area contributed by atoms with Crippen molar-refractivity contribution >= 4 is 45.3 Å². The van der Waals surface area contributed by atoms with Crippen molar-refractivity contribution in [2.75, 3.05) is 26.1 Å². The summed E-state index contributed by atoms with van der Waals surface area (Å²) in [6.07, 6.45) is 1.61. The Kier molecular flexibility index (Phi) is 9.81. The maximum Gasteiger partial charge on any atom is 0.256 e. The second-order valence-electron chi connectivity index (χ2n) is 11.9. The van der Waals surface area contributed by atoms with Crippen molar-refractivity contribution in [1.82, 2.24) is 14.5 Å². The van der Waals surface area contributed by atoms with E-state index in [1.165, 1.54) is 6.33 Å². The quantitative estimate of drug-likeness (QED) is 0.107. The fourth-order valence-electron chi connectivity index (χ4n) is 6.44. The van der Waals surface area contributed by atoms with Crippen LogP contribution in [0.3, 0.4) is 0 Å². The molecule has 2 aromatic heterocycles. The normalized spacial score (nSPS) is 17.5. The monoisotopic (exact) mass is 782 g/mol. The van der Waals surface area contributed by atoms with Crippen molar-refractivity contribution in [3.8, 4) is 11.5 Å². The van der Waals surface area contributed by atoms with Gasteiger partial charge in [-0.2, -0.15) is 0 Å². The molecule has 0 unspecified atom stereocenters. The van der Waals surface area contributed by atoms with E-state index in [2.05, 4.69) is 37.9 Å². The number of carbonyl (C=O) groups excluding carboxylic acids is 1. The number of halogens is 1. The zero-order valence-corrected chi connectivity index (χ0v) is 29.6. The second-order valence-corrected chi connectivity index (χ2v) is 13.0. The van der Waals surface area contributed by atoms with Crippen molar-refractivity contribution in [1.29, 1.82) is 0 Å². The number of aliphatic hydroxyl groups is 1. The van der Waals surface area contributed by atoms with E-state index in [0.29, 0.717) is 28.8 Å². The van der Waals surface area contributed by atoms with Crippen molar-refractivity contribution < 1.29 is 28.8 Å². The highest BCUT2D eigenvalue weighted by Gasteiger charge is 2.42. The lowest BCUT2D eigenvalue weighted by molar-refractivity contribution is -0.0930. The van der Waals surface area contributed by atoms with Crippen LogP contribution in [-0.2, 0) is 15.1 Å². The molecule has 0 saturated carbocycles. The Bertz CT molecular complexity index is 2030. The molecule has 0 aliphatic carbocycles. The third-order valence-electron chi connectivity index (χ3n) is 8.98. The maximum absolute atomic E-state index is 13.0. The number of hydrogen-bond donors (Lipinski definition) is 2. The van der Waals surface area contributed by atoms with Gasteiger partial charge in [0.05, 0.1) is 32.3 Å². The minimum atomic E-state index is -1.06. The van der Waals surface area contributed by atoms with Crippen molar-refractivity contribution in [3.05, 3.63) is 148 Å². The fourth-order valence-corrected chi connectivity index (χ4v) is 7.24. The van der Waals surface area contributed by atoms with E-state index in [1.54, 1.807) is 26.4 Å². The van der Waals surface area contributed by atoms with Gasteiger partial charge in [0.2, 0.25) is 0 Å². The molecule has 254 valence electrons. The molecule has 1 aliphatic heterocycles. The van der Waals surface area contributed by atoms with Crippen LogP contribution < -0.4 is 14.8 Å². The summed E-state index contributed by atoms with van der Waals surface area (Å²) in [6.45, 7) is 0.0777. The lowest BCUT2D eigenvalue weighted by Gasteiger charge is -2.37. The molecule has 11 heteroatoms. The van der Waals surface area contributed by atoms with E-state index < -0.39 is 24.0 Å².